The number of benzene rings is 4. The van der Waals surface area contributed by atoms with Crippen LogP contribution in [0.1, 0.15) is 63.5 Å². The molecule has 0 spiro atoms. The van der Waals surface area contributed by atoms with Gasteiger partial charge in [-0.1, -0.05) is 85.6 Å². The van der Waals surface area contributed by atoms with Crippen molar-refractivity contribution in [3.05, 3.63) is 165 Å². The second-order valence-electron chi connectivity index (χ2n) is 15.9. The van der Waals surface area contributed by atoms with Gasteiger partial charge in [0.2, 0.25) is 17.1 Å². The van der Waals surface area contributed by atoms with E-state index in [0.717, 1.165) is 75.0 Å². The zero-order chi connectivity index (χ0) is 42.7. The summed E-state index contributed by atoms with van der Waals surface area (Å²) in [5, 5.41) is 1.28. The lowest BCUT2D eigenvalue weighted by Gasteiger charge is -2.27. The molecule has 60 heavy (non-hydrogen) atoms. The van der Waals surface area contributed by atoms with Crippen molar-refractivity contribution >= 4 is 71.9 Å². The third-order valence-corrected chi connectivity index (χ3v) is 13.4. The highest BCUT2D eigenvalue weighted by atomic mass is 35.5. The number of nitrogens with zero attached hydrogens (tertiary/aromatic N) is 3. The molecular formula is C47H48Cl2N3O6S2-. The Labute approximate surface area is 364 Å². The van der Waals surface area contributed by atoms with Crippen molar-refractivity contribution in [2.45, 2.75) is 64.2 Å². The maximum Gasteiger partial charge on any atom is 0.218 e. The standard InChI is InChI=1S/C47H49Cl2N3O6S2/c1-47(2)42-33-38(49)22-25-44(42)51(28-10-12-30-60(56,57)58)45(47)26-20-35-18-17-34(46(35)52(39-13-5-3-6-14-39)40-15-7-4-8-16-40)19-23-41-32-36-31-37(48)21-24-43(36)50(41)27-9-11-29-59(53,54)55/h3-8,13-16,19-26,31,33H,9-12,17-18,27-30,32H2,1-2H3,(H-,53,54,55,56,57,58)/p-1. The Morgan fingerprint density at radius 2 is 1.17 bits per heavy atom. The molecule has 4 aromatic carbocycles. The van der Waals surface area contributed by atoms with Gasteiger partial charge < -0.3 is 18.9 Å². The monoisotopic (exact) mass is 884 g/mol. The van der Waals surface area contributed by atoms with Crippen molar-refractivity contribution in [2.75, 3.05) is 34.4 Å². The van der Waals surface area contributed by atoms with E-state index in [1.807, 2.05) is 72.8 Å². The summed E-state index contributed by atoms with van der Waals surface area (Å²) >= 11 is 13.0. The highest BCUT2D eigenvalue weighted by molar-refractivity contribution is 7.85. The van der Waals surface area contributed by atoms with E-state index in [4.69, 9.17) is 23.2 Å². The topological polar surface area (TPSA) is 124 Å². The molecule has 2 heterocycles. The zero-order valence-electron chi connectivity index (χ0n) is 33.7. The molecular weight excluding hydrogens is 838 g/mol. The predicted molar refractivity (Wildman–Crippen MR) is 243 cm³/mol. The maximum absolute atomic E-state index is 11.4. The van der Waals surface area contributed by atoms with Crippen LogP contribution >= 0.6 is 23.2 Å². The molecule has 314 valence electrons. The van der Waals surface area contributed by atoms with E-state index in [1.54, 1.807) is 0 Å². The Morgan fingerprint density at radius 3 is 1.73 bits per heavy atom. The van der Waals surface area contributed by atoms with Gasteiger partial charge in [0.15, 0.2) is 0 Å². The molecule has 4 aromatic rings. The van der Waals surface area contributed by atoms with Gasteiger partial charge in [-0.2, -0.15) is 4.58 Å². The lowest BCUT2D eigenvalue weighted by Crippen LogP contribution is -2.27. The first-order chi connectivity index (χ1) is 28.6. The number of anilines is 2. The van der Waals surface area contributed by atoms with Gasteiger partial charge >= 0.3 is 0 Å². The third kappa shape index (κ3) is 10.2. The van der Waals surface area contributed by atoms with Gasteiger partial charge in [-0.05, 0) is 98.2 Å². The lowest BCUT2D eigenvalue weighted by atomic mass is 9.83. The van der Waals surface area contributed by atoms with Crippen LogP contribution in [0.4, 0.5) is 22.7 Å². The minimum Gasteiger partial charge on any atom is -0.748 e. The van der Waals surface area contributed by atoms with Crippen LogP contribution in [0.15, 0.2) is 144 Å². The molecule has 3 aliphatic rings. The van der Waals surface area contributed by atoms with E-state index in [0.29, 0.717) is 42.4 Å². The highest BCUT2D eigenvalue weighted by Gasteiger charge is 2.40. The molecule has 0 aromatic heterocycles. The van der Waals surface area contributed by atoms with Gasteiger partial charge in [-0.15, -0.1) is 0 Å². The number of rotatable bonds is 14. The van der Waals surface area contributed by atoms with Gasteiger partial charge in [-0.25, -0.2) is 16.8 Å². The third-order valence-electron chi connectivity index (χ3n) is 11.4. The summed E-state index contributed by atoms with van der Waals surface area (Å²) in [6.07, 6.45) is 12.6. The van der Waals surface area contributed by atoms with Crippen LogP contribution in [0.2, 0.25) is 10.0 Å². The molecule has 2 aliphatic heterocycles. The minimum absolute atomic E-state index is 0.266. The number of para-hydroxylation sites is 2. The first kappa shape index (κ1) is 43.6. The Kier molecular flexibility index (Phi) is 13.3. The fourth-order valence-corrected chi connectivity index (χ4v) is 10.0. The molecule has 0 saturated heterocycles. The van der Waals surface area contributed by atoms with E-state index in [2.05, 4.69) is 76.8 Å². The number of fused-ring (bicyclic) bond motifs is 2. The van der Waals surface area contributed by atoms with Gasteiger partial charge in [0.1, 0.15) is 0 Å². The summed E-state index contributed by atoms with van der Waals surface area (Å²) in [5.74, 6) is -0.793. The molecule has 0 bridgehead atoms. The summed E-state index contributed by atoms with van der Waals surface area (Å²) in [7, 11) is -8.61. The van der Waals surface area contributed by atoms with E-state index >= 15 is 0 Å². The van der Waals surface area contributed by atoms with Crippen molar-refractivity contribution < 1.29 is 25.9 Å². The molecule has 0 atom stereocenters. The Hall–Kier alpha value is -4.49. The highest BCUT2D eigenvalue weighted by Crippen LogP contribution is 2.49. The van der Waals surface area contributed by atoms with E-state index in [1.165, 1.54) is 0 Å². The van der Waals surface area contributed by atoms with E-state index in [-0.39, 0.29) is 12.8 Å². The molecule has 0 N–H and O–H groups in total. The molecule has 13 heteroatoms. The summed E-state index contributed by atoms with van der Waals surface area (Å²) in [6, 6.07) is 32.3. The average Bonchev–Trinajstić information content (AvgIpc) is 3.82. The first-order valence-corrected chi connectivity index (χ1v) is 24.1. The van der Waals surface area contributed by atoms with Crippen molar-refractivity contribution in [1.82, 2.24) is 4.58 Å². The molecule has 0 amide bonds. The second kappa shape index (κ2) is 18.2. The second-order valence-corrected chi connectivity index (χ2v) is 19.8. The lowest BCUT2D eigenvalue weighted by molar-refractivity contribution is 0.458. The van der Waals surface area contributed by atoms with Crippen molar-refractivity contribution in [2.24, 2.45) is 0 Å². The van der Waals surface area contributed by atoms with Crippen molar-refractivity contribution in [3.63, 3.8) is 0 Å². The minimum atomic E-state index is -4.31. The Balaban J connectivity index is 1.33. The number of halogens is 2. The largest absolute Gasteiger partial charge is 0.748 e. The van der Waals surface area contributed by atoms with Crippen LogP contribution in [0, 0.1) is 0 Å². The van der Waals surface area contributed by atoms with Gasteiger partial charge in [0.05, 0.1) is 20.2 Å². The van der Waals surface area contributed by atoms with Crippen molar-refractivity contribution in [1.29, 1.82) is 0 Å². The van der Waals surface area contributed by atoms with E-state index < -0.39 is 37.2 Å². The van der Waals surface area contributed by atoms with Crippen LogP contribution in [0.25, 0.3) is 0 Å². The molecule has 1 aliphatic carbocycles. The molecule has 0 unspecified atom stereocenters. The van der Waals surface area contributed by atoms with Crippen molar-refractivity contribution in [3.8, 4) is 0 Å². The SMILES string of the molecule is CC1(C)/C(=C\C=C2/CC/C(=C\C=C3/Cc4cc(Cl)ccc4N3CCCCS(=O)(=O)[O-])C2=[N+](c2ccccc2)c2ccccc2)N(CCCCS(=O)(=O)[O-])c2ccc(Cl)cc21. The molecule has 9 nitrogen and oxygen atoms in total. The van der Waals surface area contributed by atoms with Crippen LogP contribution in [-0.2, 0) is 32.1 Å². The molecule has 1 saturated carbocycles. The maximum atomic E-state index is 11.4. The van der Waals surface area contributed by atoms with Crippen LogP contribution < -0.4 is 14.4 Å². The normalized spacial score (nSPS) is 18.9. The first-order valence-electron chi connectivity index (χ1n) is 20.2. The number of allylic oxidation sites excluding steroid dienone is 8. The van der Waals surface area contributed by atoms with Crippen LogP contribution in [0.3, 0.4) is 0 Å². The van der Waals surface area contributed by atoms with Gasteiger partial charge in [0, 0.05) is 105 Å². The average molecular weight is 886 g/mol. The fraction of sp³-hybridized carbons (Fsp3) is 0.298. The summed E-state index contributed by atoms with van der Waals surface area (Å²) in [4.78, 5) is 4.43. The van der Waals surface area contributed by atoms with Gasteiger partial charge in [-0.3, -0.25) is 0 Å². The van der Waals surface area contributed by atoms with Crippen LogP contribution in [0.5, 0.6) is 0 Å². The predicted octanol–water partition coefficient (Wildman–Crippen LogP) is 10.2. The quantitative estimate of drug-likeness (QED) is 0.0697. The number of hydrogen-bond donors (Lipinski definition) is 0. The Bertz CT molecular complexity index is 2600. The van der Waals surface area contributed by atoms with E-state index in [9.17, 15) is 25.9 Å². The van der Waals surface area contributed by atoms with Gasteiger partial charge in [0.25, 0.3) is 0 Å². The number of hydrogen-bond acceptors (Lipinski definition) is 8. The molecule has 1 fully saturated rings. The summed E-state index contributed by atoms with van der Waals surface area (Å²) < 4.78 is 70.7. The zero-order valence-corrected chi connectivity index (χ0v) is 36.8. The fourth-order valence-electron chi connectivity index (χ4n) is 8.57. The number of unbranched alkanes of at least 4 members (excludes halogenated alkanes) is 2. The molecule has 7 rings (SSSR count). The molecule has 0 radical (unpaired) electrons. The summed E-state index contributed by atoms with van der Waals surface area (Å²) in [6.45, 7) is 5.43. The smallest absolute Gasteiger partial charge is 0.218 e. The summed E-state index contributed by atoms with van der Waals surface area (Å²) in [5.41, 5.74) is 11.2. The van der Waals surface area contributed by atoms with Crippen LogP contribution in [-0.4, -0.2) is 56.2 Å². The Morgan fingerprint density at radius 1 is 0.650 bits per heavy atom.